The van der Waals surface area contributed by atoms with Crippen LogP contribution in [0.3, 0.4) is 0 Å². The lowest BCUT2D eigenvalue weighted by Gasteiger charge is -2.14. The van der Waals surface area contributed by atoms with Crippen LogP contribution in [0.1, 0.15) is 19.2 Å². The van der Waals surface area contributed by atoms with Crippen LogP contribution in [0.2, 0.25) is 0 Å². The number of nitrogens with zero attached hydrogens (tertiary/aromatic N) is 1. The molecule has 0 aliphatic carbocycles. The van der Waals surface area contributed by atoms with Crippen LogP contribution in [0.25, 0.3) is 0 Å². The Kier molecular flexibility index (Phi) is 5.31. The molecule has 0 radical (unpaired) electrons. The molecule has 0 saturated carbocycles. The number of H-pyrrole nitrogens is 1. The molecule has 0 aromatic carbocycles. The first-order chi connectivity index (χ1) is 8.55. The van der Waals surface area contributed by atoms with E-state index in [1.165, 1.54) is 13.2 Å². The summed E-state index contributed by atoms with van der Waals surface area (Å²) in [4.78, 5) is 28.6. The summed E-state index contributed by atoms with van der Waals surface area (Å²) in [6.45, 7) is 2.16. The molecule has 1 rings (SSSR count). The SMILES string of the molecule is CCc1nc(NCC(CC(=O)O)OC)cc(=O)[nH]1. The number of aromatic amines is 1. The number of nitrogens with one attached hydrogen (secondary N) is 2. The zero-order valence-electron chi connectivity index (χ0n) is 10.4. The number of methoxy groups -OCH3 is 1. The summed E-state index contributed by atoms with van der Waals surface area (Å²) in [6.07, 6.45) is 0.0506. The minimum absolute atomic E-state index is 0.104. The lowest BCUT2D eigenvalue weighted by molar-refractivity contribution is -0.139. The van der Waals surface area contributed by atoms with E-state index in [9.17, 15) is 9.59 Å². The topological polar surface area (TPSA) is 104 Å². The number of rotatable bonds is 7. The van der Waals surface area contributed by atoms with Gasteiger partial charge in [0.2, 0.25) is 0 Å². The Morgan fingerprint density at radius 2 is 2.39 bits per heavy atom. The van der Waals surface area contributed by atoms with E-state index in [0.717, 1.165) is 0 Å². The predicted octanol–water partition coefficient (Wildman–Crippen LogP) is 0.234. The van der Waals surface area contributed by atoms with Crippen LogP contribution >= 0.6 is 0 Å². The molecular formula is C11H17N3O4. The third-order valence-corrected chi connectivity index (χ3v) is 2.37. The first-order valence-electron chi connectivity index (χ1n) is 5.63. The number of aromatic nitrogens is 2. The Hall–Kier alpha value is -1.89. The first-order valence-corrected chi connectivity index (χ1v) is 5.63. The molecule has 0 aliphatic heterocycles. The van der Waals surface area contributed by atoms with Crippen LogP contribution < -0.4 is 10.9 Å². The highest BCUT2D eigenvalue weighted by Gasteiger charge is 2.12. The smallest absolute Gasteiger partial charge is 0.306 e. The molecule has 0 spiro atoms. The summed E-state index contributed by atoms with van der Waals surface area (Å²) in [5, 5.41) is 11.6. The summed E-state index contributed by atoms with van der Waals surface area (Å²) in [5.74, 6) is 0.0667. The molecule has 0 amide bonds. The minimum atomic E-state index is -0.934. The maximum atomic E-state index is 11.3. The fraction of sp³-hybridized carbons (Fsp3) is 0.545. The van der Waals surface area contributed by atoms with E-state index in [-0.39, 0.29) is 18.5 Å². The van der Waals surface area contributed by atoms with Gasteiger partial charge in [0.25, 0.3) is 5.56 Å². The molecule has 0 fully saturated rings. The van der Waals surface area contributed by atoms with E-state index < -0.39 is 12.1 Å². The molecule has 1 unspecified atom stereocenters. The minimum Gasteiger partial charge on any atom is -0.481 e. The molecule has 0 aliphatic rings. The summed E-state index contributed by atoms with van der Waals surface area (Å²) in [6, 6.07) is 1.33. The summed E-state index contributed by atoms with van der Waals surface area (Å²) in [7, 11) is 1.44. The van der Waals surface area contributed by atoms with Gasteiger partial charge < -0.3 is 20.1 Å². The number of hydrogen-bond donors (Lipinski definition) is 3. The number of aryl methyl sites for hydroxylation is 1. The van der Waals surface area contributed by atoms with Gasteiger partial charge in [-0.05, 0) is 0 Å². The summed E-state index contributed by atoms with van der Waals surface area (Å²) in [5.41, 5.74) is -0.239. The van der Waals surface area contributed by atoms with Gasteiger partial charge >= 0.3 is 5.97 Å². The van der Waals surface area contributed by atoms with E-state index in [2.05, 4.69) is 15.3 Å². The predicted molar refractivity (Wildman–Crippen MR) is 65.8 cm³/mol. The van der Waals surface area contributed by atoms with Crippen molar-refractivity contribution in [2.45, 2.75) is 25.9 Å². The maximum absolute atomic E-state index is 11.3. The molecule has 100 valence electrons. The maximum Gasteiger partial charge on any atom is 0.306 e. The van der Waals surface area contributed by atoms with E-state index in [0.29, 0.717) is 18.1 Å². The van der Waals surface area contributed by atoms with Crippen LogP contribution in [-0.4, -0.2) is 40.8 Å². The van der Waals surface area contributed by atoms with Gasteiger partial charge in [-0.25, -0.2) is 4.98 Å². The zero-order valence-corrected chi connectivity index (χ0v) is 10.4. The van der Waals surface area contributed by atoms with Gasteiger partial charge in [-0.15, -0.1) is 0 Å². The van der Waals surface area contributed by atoms with Crippen molar-refractivity contribution in [3.8, 4) is 0 Å². The fourth-order valence-electron chi connectivity index (χ4n) is 1.42. The summed E-state index contributed by atoms with van der Waals surface area (Å²) < 4.78 is 5.01. The van der Waals surface area contributed by atoms with E-state index in [1.807, 2.05) is 6.92 Å². The lowest BCUT2D eigenvalue weighted by Crippen LogP contribution is -2.26. The van der Waals surface area contributed by atoms with E-state index in [1.54, 1.807) is 0 Å². The van der Waals surface area contributed by atoms with Crippen LogP contribution in [0, 0.1) is 0 Å². The average molecular weight is 255 g/mol. The number of hydrogen-bond acceptors (Lipinski definition) is 5. The Bertz CT molecular complexity index is 458. The second-order valence-electron chi connectivity index (χ2n) is 3.77. The van der Waals surface area contributed by atoms with Crippen LogP contribution in [-0.2, 0) is 16.0 Å². The molecular weight excluding hydrogens is 238 g/mol. The van der Waals surface area contributed by atoms with E-state index >= 15 is 0 Å². The van der Waals surface area contributed by atoms with Crippen molar-refractivity contribution in [2.24, 2.45) is 0 Å². The van der Waals surface area contributed by atoms with Gasteiger partial charge in [-0.1, -0.05) is 6.92 Å². The Morgan fingerprint density at radius 3 is 2.94 bits per heavy atom. The molecule has 18 heavy (non-hydrogen) atoms. The number of anilines is 1. The average Bonchev–Trinajstić information content (AvgIpc) is 2.33. The monoisotopic (exact) mass is 255 g/mol. The Labute approximate surface area is 104 Å². The van der Waals surface area contributed by atoms with Crippen LogP contribution in [0.5, 0.6) is 0 Å². The quantitative estimate of drug-likeness (QED) is 0.644. The third kappa shape index (κ3) is 4.54. The Balaban J connectivity index is 2.64. The normalized spacial score (nSPS) is 12.1. The third-order valence-electron chi connectivity index (χ3n) is 2.37. The van der Waals surface area contributed by atoms with Gasteiger partial charge in [0.15, 0.2) is 0 Å². The van der Waals surface area contributed by atoms with Gasteiger partial charge in [-0.3, -0.25) is 9.59 Å². The highest BCUT2D eigenvalue weighted by Crippen LogP contribution is 2.03. The molecule has 7 heteroatoms. The second kappa shape index (κ2) is 6.75. The zero-order chi connectivity index (χ0) is 13.5. The van der Waals surface area contributed by atoms with Crippen molar-refractivity contribution in [3.63, 3.8) is 0 Å². The molecule has 7 nitrogen and oxygen atoms in total. The van der Waals surface area contributed by atoms with Crippen molar-refractivity contribution in [3.05, 3.63) is 22.2 Å². The van der Waals surface area contributed by atoms with Crippen molar-refractivity contribution in [2.75, 3.05) is 19.0 Å². The molecule has 0 saturated heterocycles. The van der Waals surface area contributed by atoms with Gasteiger partial charge in [0.05, 0.1) is 12.5 Å². The highest BCUT2D eigenvalue weighted by molar-refractivity contribution is 5.67. The fourth-order valence-corrected chi connectivity index (χ4v) is 1.42. The van der Waals surface area contributed by atoms with Crippen molar-refractivity contribution < 1.29 is 14.6 Å². The molecule has 3 N–H and O–H groups in total. The second-order valence-corrected chi connectivity index (χ2v) is 3.77. The first kappa shape index (κ1) is 14.2. The standard InChI is InChI=1S/C11H17N3O4/c1-3-8-13-9(5-10(15)14-8)12-6-7(18-2)4-11(16)17/h5,7H,3-4,6H2,1-2H3,(H,16,17)(H2,12,13,14,15). The number of carbonyl (C=O) groups is 1. The van der Waals surface area contributed by atoms with Crippen molar-refractivity contribution in [1.29, 1.82) is 0 Å². The highest BCUT2D eigenvalue weighted by atomic mass is 16.5. The summed E-state index contributed by atoms with van der Waals surface area (Å²) >= 11 is 0. The number of ether oxygens (including phenoxy) is 1. The van der Waals surface area contributed by atoms with E-state index in [4.69, 9.17) is 9.84 Å². The molecule has 1 atom stereocenters. The number of carboxylic acid groups (broad SMARTS) is 1. The molecule has 1 aromatic heterocycles. The van der Waals surface area contributed by atoms with Crippen molar-refractivity contribution >= 4 is 11.8 Å². The van der Waals surface area contributed by atoms with Gasteiger partial charge in [0, 0.05) is 26.1 Å². The largest absolute Gasteiger partial charge is 0.481 e. The lowest BCUT2D eigenvalue weighted by atomic mass is 10.2. The van der Waals surface area contributed by atoms with Crippen LogP contribution in [0.15, 0.2) is 10.9 Å². The van der Waals surface area contributed by atoms with Crippen molar-refractivity contribution in [1.82, 2.24) is 9.97 Å². The number of carboxylic acids is 1. The van der Waals surface area contributed by atoms with Gasteiger partial charge in [-0.2, -0.15) is 0 Å². The Morgan fingerprint density at radius 1 is 1.67 bits per heavy atom. The van der Waals surface area contributed by atoms with Crippen LogP contribution in [0.4, 0.5) is 5.82 Å². The number of aliphatic carboxylic acids is 1. The molecule has 1 aromatic rings. The van der Waals surface area contributed by atoms with Gasteiger partial charge in [0.1, 0.15) is 11.6 Å². The molecule has 1 heterocycles. The molecule has 0 bridgehead atoms.